The highest BCUT2D eigenvalue weighted by Gasteiger charge is 2.40. The SMILES string of the molecule is Cc1nn([C@H]2C[C@@H](NC(=O)OC(C)(C)C)C2)c2nc(Cl)nc(N3CCC[C@H]3CO[Si](C)(C)C(C)(C)C)c12. The first-order chi connectivity index (χ1) is 17.1. The van der Waals surface area contributed by atoms with Crippen LogP contribution in [0.2, 0.25) is 23.4 Å². The second-order valence-electron chi connectivity index (χ2n) is 13.1. The van der Waals surface area contributed by atoms with Crippen molar-refractivity contribution in [2.24, 2.45) is 0 Å². The maximum absolute atomic E-state index is 12.2. The van der Waals surface area contributed by atoms with Gasteiger partial charge in [0.15, 0.2) is 14.0 Å². The third-order valence-corrected chi connectivity index (χ3v) is 12.6. The van der Waals surface area contributed by atoms with Crippen molar-refractivity contribution in [3.8, 4) is 0 Å². The van der Waals surface area contributed by atoms with Crippen LogP contribution in [0, 0.1) is 6.92 Å². The van der Waals surface area contributed by atoms with Gasteiger partial charge in [0.1, 0.15) is 11.4 Å². The number of amides is 1. The maximum Gasteiger partial charge on any atom is 0.407 e. The fraction of sp³-hybridized carbons (Fsp3) is 0.769. The molecule has 1 N–H and O–H groups in total. The van der Waals surface area contributed by atoms with Crippen molar-refractivity contribution in [1.82, 2.24) is 25.1 Å². The van der Waals surface area contributed by atoms with E-state index in [4.69, 9.17) is 30.8 Å². The number of anilines is 1. The molecule has 4 rings (SSSR count). The van der Waals surface area contributed by atoms with E-state index in [0.717, 1.165) is 54.8 Å². The van der Waals surface area contributed by atoms with Crippen LogP contribution in [0.5, 0.6) is 0 Å². The number of fused-ring (bicyclic) bond motifs is 1. The second kappa shape index (κ2) is 10.0. The third-order valence-electron chi connectivity index (χ3n) is 7.95. The molecule has 1 atom stereocenters. The number of aryl methyl sites for hydroxylation is 1. The van der Waals surface area contributed by atoms with Gasteiger partial charge in [0, 0.05) is 12.6 Å². The lowest BCUT2D eigenvalue weighted by Gasteiger charge is -2.38. The minimum absolute atomic E-state index is 0.0478. The Hall–Kier alpha value is -1.91. The van der Waals surface area contributed by atoms with Gasteiger partial charge in [-0.05, 0) is 83.1 Å². The largest absolute Gasteiger partial charge is 0.444 e. The number of carbonyl (C=O) groups excluding carboxylic acids is 1. The molecule has 0 spiro atoms. The number of hydrogen-bond acceptors (Lipinski definition) is 7. The van der Waals surface area contributed by atoms with E-state index in [9.17, 15) is 4.79 Å². The van der Waals surface area contributed by atoms with Crippen LogP contribution < -0.4 is 10.2 Å². The van der Waals surface area contributed by atoms with Crippen molar-refractivity contribution in [3.63, 3.8) is 0 Å². The van der Waals surface area contributed by atoms with E-state index in [1.165, 1.54) is 0 Å². The Morgan fingerprint density at radius 2 is 1.84 bits per heavy atom. The Kier molecular flexibility index (Phi) is 7.60. The summed E-state index contributed by atoms with van der Waals surface area (Å²) >= 11 is 6.48. The Morgan fingerprint density at radius 1 is 1.16 bits per heavy atom. The predicted molar refractivity (Wildman–Crippen MR) is 150 cm³/mol. The molecule has 0 bridgehead atoms. The van der Waals surface area contributed by atoms with E-state index in [2.05, 4.69) is 49.1 Å². The smallest absolute Gasteiger partial charge is 0.407 e. The maximum atomic E-state index is 12.2. The second-order valence-corrected chi connectivity index (χ2v) is 18.2. The molecular weight excluding hydrogens is 508 g/mol. The minimum Gasteiger partial charge on any atom is -0.444 e. The van der Waals surface area contributed by atoms with E-state index < -0.39 is 13.9 Å². The number of hydrogen-bond donors (Lipinski definition) is 1. The van der Waals surface area contributed by atoms with Gasteiger partial charge in [-0.15, -0.1) is 0 Å². The minimum atomic E-state index is -1.86. The van der Waals surface area contributed by atoms with Crippen LogP contribution in [-0.2, 0) is 9.16 Å². The summed E-state index contributed by atoms with van der Waals surface area (Å²) in [7, 11) is -1.86. The zero-order valence-electron chi connectivity index (χ0n) is 23.8. The molecule has 2 aromatic heterocycles. The van der Waals surface area contributed by atoms with E-state index >= 15 is 0 Å². The molecule has 0 radical (unpaired) electrons. The summed E-state index contributed by atoms with van der Waals surface area (Å²) < 4.78 is 14.0. The van der Waals surface area contributed by atoms with Crippen LogP contribution in [-0.4, -0.2) is 65.0 Å². The van der Waals surface area contributed by atoms with Gasteiger partial charge in [0.2, 0.25) is 5.28 Å². The van der Waals surface area contributed by atoms with Crippen molar-refractivity contribution >= 4 is 42.9 Å². The number of carbonyl (C=O) groups is 1. The van der Waals surface area contributed by atoms with Crippen LogP contribution in [0.4, 0.5) is 10.6 Å². The fourth-order valence-corrected chi connectivity index (χ4v) is 6.01. The van der Waals surface area contributed by atoms with Crippen LogP contribution in [0.15, 0.2) is 0 Å². The number of aromatic nitrogens is 4. The molecule has 0 unspecified atom stereocenters. The molecule has 1 amide bonds. The number of nitrogens with one attached hydrogen (secondary N) is 1. The monoisotopic (exact) mass is 550 g/mol. The van der Waals surface area contributed by atoms with Crippen molar-refractivity contribution in [1.29, 1.82) is 0 Å². The zero-order chi connectivity index (χ0) is 27.3. The van der Waals surface area contributed by atoms with Gasteiger partial charge < -0.3 is 19.4 Å². The van der Waals surface area contributed by atoms with E-state index in [0.29, 0.717) is 6.61 Å². The average Bonchev–Trinajstić information content (AvgIpc) is 3.31. The lowest BCUT2D eigenvalue weighted by atomic mass is 9.87. The summed E-state index contributed by atoms with van der Waals surface area (Å²) in [6.45, 7) is 20.6. The summed E-state index contributed by atoms with van der Waals surface area (Å²) in [5.41, 5.74) is 1.13. The van der Waals surface area contributed by atoms with Crippen LogP contribution in [0.3, 0.4) is 0 Å². The summed E-state index contributed by atoms with van der Waals surface area (Å²) in [6, 6.07) is 0.426. The molecule has 1 saturated carbocycles. The van der Waals surface area contributed by atoms with Crippen LogP contribution in [0.25, 0.3) is 11.0 Å². The quantitative estimate of drug-likeness (QED) is 0.348. The van der Waals surface area contributed by atoms with E-state index in [-0.39, 0.29) is 34.5 Å². The summed E-state index contributed by atoms with van der Waals surface area (Å²) in [5, 5.41) is 9.16. The molecule has 3 heterocycles. The number of alkyl carbamates (subject to hydrolysis) is 1. The van der Waals surface area contributed by atoms with Gasteiger partial charge >= 0.3 is 6.09 Å². The summed E-state index contributed by atoms with van der Waals surface area (Å²) in [4.78, 5) is 23.8. The Balaban J connectivity index is 1.52. The molecule has 2 fully saturated rings. The molecule has 1 aliphatic heterocycles. The Morgan fingerprint density at radius 3 is 2.46 bits per heavy atom. The first kappa shape index (κ1) is 28.1. The Bertz CT molecular complexity index is 1150. The van der Waals surface area contributed by atoms with Gasteiger partial charge in [0.25, 0.3) is 0 Å². The lowest BCUT2D eigenvalue weighted by Crippen LogP contribution is -2.47. The molecule has 2 aromatic rings. The molecule has 1 aliphatic carbocycles. The van der Waals surface area contributed by atoms with Crippen molar-refractivity contribution in [3.05, 3.63) is 11.0 Å². The summed E-state index contributed by atoms with van der Waals surface area (Å²) in [5.74, 6) is 0.850. The third kappa shape index (κ3) is 6.06. The van der Waals surface area contributed by atoms with Crippen molar-refractivity contribution in [2.75, 3.05) is 18.1 Å². The highest BCUT2D eigenvalue weighted by Crippen LogP contribution is 2.40. The zero-order valence-corrected chi connectivity index (χ0v) is 25.6. The molecule has 1 saturated heterocycles. The van der Waals surface area contributed by atoms with Crippen molar-refractivity contribution < 1.29 is 14.0 Å². The molecule has 9 nitrogen and oxygen atoms in total. The normalized spacial score (nSPS) is 22.9. The first-order valence-electron chi connectivity index (χ1n) is 13.4. The predicted octanol–water partition coefficient (Wildman–Crippen LogP) is 6.01. The molecular formula is C26H43ClN6O3Si. The number of ether oxygens (including phenoxy) is 1. The van der Waals surface area contributed by atoms with Crippen LogP contribution >= 0.6 is 11.6 Å². The van der Waals surface area contributed by atoms with Gasteiger partial charge in [-0.25, -0.2) is 9.48 Å². The highest BCUT2D eigenvalue weighted by molar-refractivity contribution is 6.74. The highest BCUT2D eigenvalue weighted by atomic mass is 35.5. The topological polar surface area (TPSA) is 94.4 Å². The van der Waals surface area contributed by atoms with Gasteiger partial charge in [-0.2, -0.15) is 15.1 Å². The molecule has 206 valence electrons. The van der Waals surface area contributed by atoms with Crippen molar-refractivity contribution in [2.45, 2.75) is 116 Å². The Labute approximate surface area is 226 Å². The van der Waals surface area contributed by atoms with E-state index in [1.54, 1.807) is 0 Å². The molecule has 37 heavy (non-hydrogen) atoms. The van der Waals surface area contributed by atoms with Crippen LogP contribution in [0.1, 0.15) is 79.0 Å². The first-order valence-corrected chi connectivity index (χ1v) is 16.7. The fourth-order valence-electron chi connectivity index (χ4n) is 4.81. The molecule has 11 heteroatoms. The molecule has 0 aromatic carbocycles. The standard InChI is InChI=1S/C26H43ClN6O3Si/c1-16-20-21(32-12-10-11-18(32)15-35-37(8,9)26(5,6)7)29-23(27)30-22(20)33(31-16)19-13-17(14-19)28-24(34)36-25(2,3)4/h17-19H,10-15H2,1-9H3,(H,28,34)/t17-,18-,19+/m0/s1. The van der Waals surface area contributed by atoms with Gasteiger partial charge in [-0.3, -0.25) is 0 Å². The summed E-state index contributed by atoms with van der Waals surface area (Å²) in [6.07, 6.45) is 3.29. The average molecular weight is 551 g/mol. The molecule has 2 aliphatic rings. The van der Waals surface area contributed by atoms with E-state index in [1.807, 2.05) is 32.4 Å². The van der Waals surface area contributed by atoms with Gasteiger partial charge in [-0.1, -0.05) is 20.8 Å². The lowest BCUT2D eigenvalue weighted by molar-refractivity contribution is 0.0454. The number of rotatable bonds is 6. The van der Waals surface area contributed by atoms with Gasteiger partial charge in [0.05, 0.1) is 29.8 Å². The number of halogens is 1. The number of nitrogens with zero attached hydrogens (tertiary/aromatic N) is 5.